The van der Waals surface area contributed by atoms with E-state index in [1.165, 1.54) is 10.1 Å². The van der Waals surface area contributed by atoms with Crippen LogP contribution in [0.25, 0.3) is 10.1 Å². The third-order valence-corrected chi connectivity index (χ3v) is 3.79. The first-order valence-corrected chi connectivity index (χ1v) is 5.98. The highest BCUT2D eigenvalue weighted by Gasteiger charge is 2.04. The van der Waals surface area contributed by atoms with Gasteiger partial charge in [-0.1, -0.05) is 22.0 Å². The van der Waals surface area contributed by atoms with E-state index in [4.69, 9.17) is 5.73 Å². The van der Waals surface area contributed by atoms with Gasteiger partial charge in [-0.15, -0.1) is 11.3 Å². The van der Waals surface area contributed by atoms with E-state index in [2.05, 4.69) is 33.4 Å². The number of carbonyl (C=O) groups excluding carboxylic acids is 1. The number of primary amides is 1. The first-order valence-electron chi connectivity index (χ1n) is 4.37. The normalized spacial score (nSPS) is 10.5. The molecule has 15 heavy (non-hydrogen) atoms. The predicted molar refractivity (Wildman–Crippen MR) is 65.9 cm³/mol. The van der Waals surface area contributed by atoms with Gasteiger partial charge in [0.15, 0.2) is 0 Å². The van der Waals surface area contributed by atoms with Crippen molar-refractivity contribution >= 4 is 43.4 Å². The lowest BCUT2D eigenvalue weighted by atomic mass is 10.2. The maximum Gasteiger partial charge on any atom is 0.312 e. The van der Waals surface area contributed by atoms with E-state index in [0.717, 1.165) is 9.35 Å². The summed E-state index contributed by atoms with van der Waals surface area (Å²) in [6.45, 7) is 0.487. The van der Waals surface area contributed by atoms with Gasteiger partial charge in [0.25, 0.3) is 0 Å². The van der Waals surface area contributed by atoms with Crippen LogP contribution < -0.4 is 11.1 Å². The van der Waals surface area contributed by atoms with Gasteiger partial charge in [0.05, 0.1) is 6.54 Å². The van der Waals surface area contributed by atoms with Crippen molar-refractivity contribution in [2.45, 2.75) is 6.54 Å². The molecule has 1 heterocycles. The summed E-state index contributed by atoms with van der Waals surface area (Å²) in [6.07, 6.45) is 0. The highest BCUT2D eigenvalue weighted by atomic mass is 79.9. The van der Waals surface area contributed by atoms with Crippen LogP contribution in [0, 0.1) is 0 Å². The molecule has 2 aromatic rings. The van der Waals surface area contributed by atoms with E-state index in [1.807, 2.05) is 12.1 Å². The lowest BCUT2D eigenvalue weighted by Crippen LogP contribution is -2.28. The van der Waals surface area contributed by atoms with E-state index < -0.39 is 6.03 Å². The van der Waals surface area contributed by atoms with Crippen LogP contribution in [-0.2, 0) is 6.54 Å². The molecule has 0 saturated carbocycles. The van der Waals surface area contributed by atoms with Crippen LogP contribution in [0.3, 0.4) is 0 Å². The second kappa shape index (κ2) is 4.20. The molecule has 0 spiro atoms. The molecule has 5 heteroatoms. The molecule has 0 aliphatic heterocycles. The number of carbonyl (C=O) groups is 1. The van der Waals surface area contributed by atoms with E-state index in [1.54, 1.807) is 11.3 Å². The van der Waals surface area contributed by atoms with E-state index in [9.17, 15) is 4.79 Å². The molecule has 3 N–H and O–H groups in total. The number of amides is 2. The van der Waals surface area contributed by atoms with Gasteiger partial charge in [0.1, 0.15) is 0 Å². The zero-order valence-electron chi connectivity index (χ0n) is 7.79. The lowest BCUT2D eigenvalue weighted by Gasteiger charge is -1.96. The van der Waals surface area contributed by atoms with E-state index in [0.29, 0.717) is 6.54 Å². The summed E-state index contributed by atoms with van der Waals surface area (Å²) in [4.78, 5) is 11.7. The second-order valence-corrected chi connectivity index (χ2v) is 5.10. The molecule has 1 aromatic heterocycles. The maximum atomic E-state index is 10.6. The van der Waals surface area contributed by atoms with E-state index in [-0.39, 0.29) is 0 Å². The quantitative estimate of drug-likeness (QED) is 0.875. The molecular weight excluding hydrogens is 276 g/mol. The van der Waals surface area contributed by atoms with Gasteiger partial charge in [-0.2, -0.15) is 0 Å². The van der Waals surface area contributed by atoms with Gasteiger partial charge in [0, 0.05) is 19.4 Å². The zero-order chi connectivity index (χ0) is 10.8. The second-order valence-electron chi connectivity index (χ2n) is 3.08. The molecule has 3 nitrogen and oxygen atoms in total. The topological polar surface area (TPSA) is 55.1 Å². The van der Waals surface area contributed by atoms with Crippen molar-refractivity contribution in [3.05, 3.63) is 33.6 Å². The first kappa shape index (κ1) is 10.4. The van der Waals surface area contributed by atoms with Crippen molar-refractivity contribution in [3.8, 4) is 0 Å². The number of nitrogens with two attached hydrogens (primary N) is 1. The third-order valence-electron chi connectivity index (χ3n) is 2.00. The van der Waals surface area contributed by atoms with Crippen LogP contribution in [0.1, 0.15) is 4.88 Å². The Balaban J connectivity index is 2.31. The molecule has 2 rings (SSSR count). The van der Waals surface area contributed by atoms with Gasteiger partial charge >= 0.3 is 6.03 Å². The van der Waals surface area contributed by atoms with Crippen LogP contribution in [-0.4, -0.2) is 6.03 Å². The third kappa shape index (κ3) is 2.30. The Morgan fingerprint density at radius 3 is 3.00 bits per heavy atom. The fraction of sp³-hybridized carbons (Fsp3) is 0.100. The standard InChI is InChI=1S/C10H9BrN2OS/c11-8-2-1-3-9-7(8)4-6(15-9)5-13-10(12)14/h1-4H,5H2,(H3,12,13,14). The summed E-state index contributed by atoms with van der Waals surface area (Å²) >= 11 is 5.14. The number of fused-ring (bicyclic) bond motifs is 1. The minimum atomic E-state index is -0.494. The summed E-state index contributed by atoms with van der Waals surface area (Å²) in [5.41, 5.74) is 5.01. The Morgan fingerprint density at radius 1 is 1.53 bits per heavy atom. The monoisotopic (exact) mass is 284 g/mol. The molecular formula is C10H9BrN2OS. The largest absolute Gasteiger partial charge is 0.352 e. The average molecular weight is 285 g/mol. The number of benzene rings is 1. The van der Waals surface area contributed by atoms with Gasteiger partial charge < -0.3 is 11.1 Å². The summed E-state index contributed by atoms with van der Waals surface area (Å²) in [5.74, 6) is 0. The van der Waals surface area contributed by atoms with Crippen molar-refractivity contribution in [2.75, 3.05) is 0 Å². The Kier molecular flexibility index (Phi) is 2.93. The molecule has 2 amide bonds. The number of thiophene rings is 1. The molecule has 0 bridgehead atoms. The zero-order valence-corrected chi connectivity index (χ0v) is 10.2. The van der Waals surface area contributed by atoms with Gasteiger partial charge in [0.2, 0.25) is 0 Å². The molecule has 0 fully saturated rings. The number of rotatable bonds is 2. The Morgan fingerprint density at radius 2 is 2.33 bits per heavy atom. The Bertz CT molecular complexity index is 509. The molecule has 0 unspecified atom stereocenters. The molecule has 0 aliphatic carbocycles. The SMILES string of the molecule is NC(=O)NCc1cc2c(Br)cccc2s1. The van der Waals surface area contributed by atoms with Gasteiger partial charge in [-0.25, -0.2) is 4.79 Å². The minimum Gasteiger partial charge on any atom is -0.352 e. The molecule has 0 aliphatic rings. The first-order chi connectivity index (χ1) is 7.16. The number of hydrogen-bond donors (Lipinski definition) is 2. The molecule has 1 aromatic carbocycles. The summed E-state index contributed by atoms with van der Waals surface area (Å²) in [5, 5.41) is 3.75. The summed E-state index contributed by atoms with van der Waals surface area (Å²) in [7, 11) is 0. The Hall–Kier alpha value is -1.07. The Labute approximate surface area is 99.4 Å². The molecule has 0 radical (unpaired) electrons. The molecule has 78 valence electrons. The minimum absolute atomic E-state index is 0.487. The highest BCUT2D eigenvalue weighted by Crippen LogP contribution is 2.31. The molecule has 0 atom stereocenters. The van der Waals surface area contributed by atoms with Gasteiger partial charge in [-0.3, -0.25) is 0 Å². The van der Waals surface area contributed by atoms with Crippen molar-refractivity contribution in [1.82, 2.24) is 5.32 Å². The van der Waals surface area contributed by atoms with Crippen LogP contribution in [0.4, 0.5) is 4.79 Å². The molecule has 0 saturated heterocycles. The fourth-order valence-electron chi connectivity index (χ4n) is 1.34. The number of nitrogens with one attached hydrogen (secondary N) is 1. The number of halogens is 1. The van der Waals surface area contributed by atoms with Crippen LogP contribution in [0.5, 0.6) is 0 Å². The van der Waals surface area contributed by atoms with Crippen molar-refractivity contribution in [3.63, 3.8) is 0 Å². The van der Waals surface area contributed by atoms with Crippen LogP contribution in [0.2, 0.25) is 0 Å². The lowest BCUT2D eigenvalue weighted by molar-refractivity contribution is 0.248. The maximum absolute atomic E-state index is 10.6. The van der Waals surface area contributed by atoms with Crippen LogP contribution in [0.15, 0.2) is 28.7 Å². The van der Waals surface area contributed by atoms with Crippen LogP contribution >= 0.6 is 27.3 Å². The predicted octanol–water partition coefficient (Wildman–Crippen LogP) is 2.83. The average Bonchev–Trinajstić information content (AvgIpc) is 2.59. The highest BCUT2D eigenvalue weighted by molar-refractivity contribution is 9.10. The smallest absolute Gasteiger partial charge is 0.312 e. The fourth-order valence-corrected chi connectivity index (χ4v) is 2.98. The van der Waals surface area contributed by atoms with Gasteiger partial charge in [-0.05, 0) is 18.2 Å². The van der Waals surface area contributed by atoms with Crippen molar-refractivity contribution < 1.29 is 4.79 Å². The summed E-state index contributed by atoms with van der Waals surface area (Å²) in [6, 6.07) is 7.61. The van der Waals surface area contributed by atoms with Crippen molar-refractivity contribution in [1.29, 1.82) is 0 Å². The van der Waals surface area contributed by atoms with Crippen molar-refractivity contribution in [2.24, 2.45) is 5.73 Å². The van der Waals surface area contributed by atoms with E-state index >= 15 is 0 Å². The number of urea groups is 1. The summed E-state index contributed by atoms with van der Waals surface area (Å²) < 4.78 is 2.27. The number of hydrogen-bond acceptors (Lipinski definition) is 2.